The second kappa shape index (κ2) is 7.18. The number of aromatic amines is 1. The van der Waals surface area contributed by atoms with Gasteiger partial charge in [0.1, 0.15) is 17.5 Å². The zero-order chi connectivity index (χ0) is 21.5. The number of hydrogen-bond acceptors (Lipinski definition) is 5. The average Bonchev–Trinajstić information content (AvgIpc) is 3.39. The van der Waals surface area contributed by atoms with Crippen molar-refractivity contribution in [1.29, 1.82) is 5.26 Å². The van der Waals surface area contributed by atoms with Crippen LogP contribution in [0.1, 0.15) is 28.4 Å². The van der Waals surface area contributed by atoms with Crippen molar-refractivity contribution < 1.29 is 4.74 Å². The molecule has 2 aromatic carbocycles. The number of fused-ring (bicyclic) bond motifs is 1. The smallest absolute Gasteiger partial charge is 0.244 e. The van der Waals surface area contributed by atoms with E-state index in [1.165, 1.54) is 0 Å². The lowest BCUT2D eigenvalue weighted by Gasteiger charge is -2.24. The van der Waals surface area contributed by atoms with Crippen LogP contribution in [0.2, 0.25) is 0 Å². The van der Waals surface area contributed by atoms with Gasteiger partial charge in [0.05, 0.1) is 17.2 Å². The third-order valence-electron chi connectivity index (χ3n) is 5.61. The molecule has 0 bridgehead atoms. The van der Waals surface area contributed by atoms with E-state index >= 15 is 0 Å². The van der Waals surface area contributed by atoms with Gasteiger partial charge in [0.2, 0.25) is 11.8 Å². The molecule has 31 heavy (non-hydrogen) atoms. The Morgan fingerprint density at radius 1 is 1.10 bits per heavy atom. The van der Waals surface area contributed by atoms with E-state index in [1.54, 1.807) is 6.20 Å². The predicted octanol–water partition coefficient (Wildman–Crippen LogP) is 4.10. The summed E-state index contributed by atoms with van der Waals surface area (Å²) in [5.41, 5.74) is 12.1. The van der Waals surface area contributed by atoms with Crippen molar-refractivity contribution in [1.82, 2.24) is 19.7 Å². The SMILES string of the molecule is Cc1ccc(-c2[nH]nc3c2C(c2ccc(-n4ccnc4C)cc2)C(C#N)=C(N)O3)cc1. The number of nitrogens with zero attached hydrogens (tertiary/aromatic N) is 4. The molecule has 2 aromatic heterocycles. The number of benzene rings is 2. The molecule has 3 N–H and O–H groups in total. The minimum atomic E-state index is -0.387. The monoisotopic (exact) mass is 408 g/mol. The van der Waals surface area contributed by atoms with Crippen molar-refractivity contribution in [2.45, 2.75) is 19.8 Å². The molecular weight excluding hydrogens is 388 g/mol. The van der Waals surface area contributed by atoms with Gasteiger partial charge >= 0.3 is 0 Å². The summed E-state index contributed by atoms with van der Waals surface area (Å²) in [5, 5.41) is 17.3. The lowest BCUT2D eigenvalue weighted by molar-refractivity contribution is 0.379. The summed E-state index contributed by atoms with van der Waals surface area (Å²) in [6, 6.07) is 18.4. The second-order valence-electron chi connectivity index (χ2n) is 7.54. The van der Waals surface area contributed by atoms with Crippen LogP contribution in [0.25, 0.3) is 16.9 Å². The number of nitriles is 1. The first-order valence-electron chi connectivity index (χ1n) is 9.90. The standard InChI is InChI=1S/C24H20N6O/c1-14-3-5-17(6-4-14)22-21-20(19(13-25)23(26)31-24(21)29-28-22)16-7-9-18(10-8-16)30-12-11-27-15(30)2/h3-12,20H,26H2,1-2H3,(H,28,29). The van der Waals surface area contributed by atoms with Gasteiger partial charge < -0.3 is 15.0 Å². The van der Waals surface area contributed by atoms with Crippen LogP contribution >= 0.6 is 0 Å². The van der Waals surface area contributed by atoms with Crippen LogP contribution in [0.15, 0.2) is 72.4 Å². The van der Waals surface area contributed by atoms with E-state index in [0.29, 0.717) is 11.5 Å². The fourth-order valence-corrected chi connectivity index (χ4v) is 4.00. The molecule has 1 unspecified atom stereocenters. The maximum Gasteiger partial charge on any atom is 0.244 e. The van der Waals surface area contributed by atoms with E-state index in [-0.39, 0.29) is 11.8 Å². The lowest BCUT2D eigenvalue weighted by atomic mass is 9.83. The molecule has 0 aliphatic carbocycles. The minimum absolute atomic E-state index is 0.0801. The normalized spacial score (nSPS) is 15.3. The van der Waals surface area contributed by atoms with Crippen molar-refractivity contribution in [3.05, 3.63) is 94.9 Å². The highest BCUT2D eigenvalue weighted by molar-refractivity contribution is 5.71. The molecule has 3 heterocycles. The summed E-state index contributed by atoms with van der Waals surface area (Å²) in [6.07, 6.45) is 3.69. The number of aromatic nitrogens is 4. The molecule has 0 radical (unpaired) electrons. The van der Waals surface area contributed by atoms with Gasteiger partial charge in [-0.15, -0.1) is 5.10 Å². The lowest BCUT2D eigenvalue weighted by Crippen LogP contribution is -2.21. The van der Waals surface area contributed by atoms with Gasteiger partial charge in [0, 0.05) is 23.6 Å². The van der Waals surface area contributed by atoms with Crippen LogP contribution in [0.3, 0.4) is 0 Å². The van der Waals surface area contributed by atoms with Crippen molar-refractivity contribution in [3.63, 3.8) is 0 Å². The Balaban J connectivity index is 1.64. The number of rotatable bonds is 3. The summed E-state index contributed by atoms with van der Waals surface area (Å²) in [4.78, 5) is 4.28. The van der Waals surface area contributed by atoms with Crippen molar-refractivity contribution >= 4 is 0 Å². The molecular formula is C24H20N6O. The van der Waals surface area contributed by atoms with E-state index in [2.05, 4.69) is 21.3 Å². The first kappa shape index (κ1) is 18.7. The van der Waals surface area contributed by atoms with Gasteiger partial charge in [0.25, 0.3) is 0 Å². The predicted molar refractivity (Wildman–Crippen MR) is 116 cm³/mol. The summed E-state index contributed by atoms with van der Waals surface area (Å²) in [6.45, 7) is 3.99. The number of nitrogens with two attached hydrogens (primary N) is 1. The minimum Gasteiger partial charge on any atom is -0.420 e. The Morgan fingerprint density at radius 2 is 1.84 bits per heavy atom. The van der Waals surface area contributed by atoms with Crippen molar-refractivity contribution in [3.8, 4) is 28.9 Å². The van der Waals surface area contributed by atoms with Crippen LogP contribution in [0, 0.1) is 25.2 Å². The Bertz CT molecular complexity index is 1340. The zero-order valence-electron chi connectivity index (χ0n) is 17.1. The first-order chi connectivity index (χ1) is 15.1. The highest BCUT2D eigenvalue weighted by atomic mass is 16.5. The molecule has 4 aromatic rings. The van der Waals surface area contributed by atoms with Gasteiger partial charge in [0.15, 0.2) is 0 Å². The fourth-order valence-electron chi connectivity index (χ4n) is 4.00. The van der Waals surface area contributed by atoms with Crippen molar-refractivity contribution in [2.24, 2.45) is 5.73 Å². The van der Waals surface area contributed by atoms with Crippen LogP contribution in [-0.2, 0) is 0 Å². The van der Waals surface area contributed by atoms with Crippen LogP contribution < -0.4 is 10.5 Å². The summed E-state index contributed by atoms with van der Waals surface area (Å²) in [7, 11) is 0. The molecule has 0 saturated carbocycles. The highest BCUT2D eigenvalue weighted by Gasteiger charge is 2.35. The molecule has 1 atom stereocenters. The van der Waals surface area contributed by atoms with Crippen LogP contribution in [0.4, 0.5) is 0 Å². The van der Waals surface area contributed by atoms with Gasteiger partial charge in [-0.05, 0) is 31.5 Å². The van der Waals surface area contributed by atoms with E-state index in [1.807, 2.05) is 73.1 Å². The molecule has 0 spiro atoms. The number of H-pyrrole nitrogens is 1. The summed E-state index contributed by atoms with van der Waals surface area (Å²) < 4.78 is 7.70. The molecule has 7 nitrogen and oxygen atoms in total. The maximum absolute atomic E-state index is 9.88. The molecule has 1 aliphatic rings. The largest absolute Gasteiger partial charge is 0.420 e. The number of imidazole rings is 1. The molecule has 1 aliphatic heterocycles. The van der Waals surface area contributed by atoms with Crippen molar-refractivity contribution in [2.75, 3.05) is 0 Å². The molecule has 0 fully saturated rings. The number of ether oxygens (including phenoxy) is 1. The molecule has 5 rings (SSSR count). The van der Waals surface area contributed by atoms with Gasteiger partial charge in [-0.3, -0.25) is 5.10 Å². The van der Waals surface area contributed by atoms with Gasteiger partial charge in [-0.2, -0.15) is 5.26 Å². The molecule has 7 heteroatoms. The van der Waals surface area contributed by atoms with E-state index in [4.69, 9.17) is 10.5 Å². The second-order valence-corrected chi connectivity index (χ2v) is 7.54. The first-order valence-corrected chi connectivity index (χ1v) is 9.90. The number of allylic oxidation sites excluding steroid dienone is 1. The number of hydrogen-bond donors (Lipinski definition) is 2. The third kappa shape index (κ3) is 3.06. The zero-order valence-corrected chi connectivity index (χ0v) is 17.1. The Kier molecular flexibility index (Phi) is 4.33. The fraction of sp³-hybridized carbons (Fsp3) is 0.125. The molecule has 0 saturated heterocycles. The van der Waals surface area contributed by atoms with E-state index in [9.17, 15) is 5.26 Å². The average molecular weight is 408 g/mol. The number of nitrogens with one attached hydrogen (secondary N) is 1. The summed E-state index contributed by atoms with van der Waals surface area (Å²) in [5.74, 6) is 0.990. The van der Waals surface area contributed by atoms with E-state index < -0.39 is 0 Å². The van der Waals surface area contributed by atoms with Crippen LogP contribution in [-0.4, -0.2) is 19.7 Å². The van der Waals surface area contributed by atoms with Crippen LogP contribution in [0.5, 0.6) is 5.88 Å². The maximum atomic E-state index is 9.88. The van der Waals surface area contributed by atoms with E-state index in [0.717, 1.165) is 39.5 Å². The molecule has 0 amide bonds. The highest BCUT2D eigenvalue weighted by Crippen LogP contribution is 2.45. The van der Waals surface area contributed by atoms with Gasteiger partial charge in [-0.1, -0.05) is 42.0 Å². The Labute approximate surface area is 179 Å². The van der Waals surface area contributed by atoms with Gasteiger partial charge in [-0.25, -0.2) is 4.98 Å². The topological polar surface area (TPSA) is 106 Å². The third-order valence-corrected chi connectivity index (χ3v) is 5.61. The summed E-state index contributed by atoms with van der Waals surface area (Å²) >= 11 is 0. The molecule has 152 valence electrons. The Hall–Kier alpha value is -4.31. The quantitative estimate of drug-likeness (QED) is 0.531. The number of aryl methyl sites for hydroxylation is 2. The Morgan fingerprint density at radius 3 is 2.48 bits per heavy atom.